The highest BCUT2D eigenvalue weighted by atomic mass is 16.8. The maximum atomic E-state index is 14.8. The summed E-state index contributed by atoms with van der Waals surface area (Å²) in [6, 6.07) is 9.75. The van der Waals surface area contributed by atoms with Crippen LogP contribution in [0, 0.1) is 29.1 Å². The number of ether oxygens (including phenoxy) is 10. The molecule has 1 amide bonds. The van der Waals surface area contributed by atoms with Crippen LogP contribution in [0.25, 0.3) is 0 Å². The normalized spacial score (nSPS) is 37.3. The molecule has 426 valence electrons. The van der Waals surface area contributed by atoms with E-state index in [9.17, 15) is 34.7 Å². The molecule has 3 heterocycles. The van der Waals surface area contributed by atoms with Gasteiger partial charge in [0.1, 0.15) is 30.0 Å². The highest BCUT2D eigenvalue weighted by Gasteiger charge is 2.55. The summed E-state index contributed by atoms with van der Waals surface area (Å²) in [5, 5.41) is 36.0. The quantitative estimate of drug-likeness (QED) is 0.112. The van der Waals surface area contributed by atoms with Gasteiger partial charge in [-0.2, -0.15) is 5.26 Å². The molecular formula is C55H90N4O16. The lowest BCUT2D eigenvalue weighted by Gasteiger charge is -2.50. The van der Waals surface area contributed by atoms with Crippen LogP contribution in [-0.2, 0) is 68.4 Å². The summed E-state index contributed by atoms with van der Waals surface area (Å²) in [6.45, 7) is 23.3. The molecule has 3 N–H and O–H groups in total. The third-order valence-corrected chi connectivity index (χ3v) is 15.8. The molecule has 3 aliphatic heterocycles. The Hall–Kier alpha value is -4.01. The lowest BCUT2D eigenvalue weighted by molar-refractivity contribution is -0.320. The van der Waals surface area contributed by atoms with E-state index in [0.29, 0.717) is 19.5 Å². The van der Waals surface area contributed by atoms with E-state index < -0.39 is 132 Å². The van der Waals surface area contributed by atoms with Gasteiger partial charge in [-0.15, -0.1) is 0 Å². The second-order valence-corrected chi connectivity index (χ2v) is 21.5. The second kappa shape index (κ2) is 28.6. The molecule has 75 heavy (non-hydrogen) atoms. The SMILES string of the molecule is CC[C@H]1OC(=O)[C@H](C)[C@@H](O[C@H]2C[C@@](C)(OC)[C@@H](OC(=O)CCN(CC)CC)[C@H](C)O2)[C@H](C)[C@@H](O[C@@H]2O[C@H](C)C[C@H](N(C)CCC#N)C2OC(=O)OCc2ccccc2)[C@](C)(OC)C[C@@H](C)C(=O)N[C@H](C)[C@@H](O)[C@]1(C)O. The Morgan fingerprint density at radius 3 is 2.12 bits per heavy atom. The van der Waals surface area contributed by atoms with Gasteiger partial charge in [0, 0.05) is 52.0 Å². The van der Waals surface area contributed by atoms with Crippen LogP contribution in [0.1, 0.15) is 127 Å². The topological polar surface area (TPSA) is 243 Å². The van der Waals surface area contributed by atoms with Crippen LogP contribution in [0.4, 0.5) is 4.79 Å². The number of carbonyl (C=O) groups excluding carboxylic acids is 4. The van der Waals surface area contributed by atoms with Crippen molar-refractivity contribution in [1.29, 1.82) is 5.26 Å². The number of hydrogen-bond acceptors (Lipinski definition) is 19. The van der Waals surface area contributed by atoms with E-state index in [-0.39, 0.29) is 38.7 Å². The van der Waals surface area contributed by atoms with E-state index >= 15 is 0 Å². The summed E-state index contributed by atoms with van der Waals surface area (Å²) < 4.78 is 64.1. The molecule has 0 aliphatic carbocycles. The van der Waals surface area contributed by atoms with Gasteiger partial charge in [0.2, 0.25) is 5.91 Å². The zero-order valence-corrected chi connectivity index (χ0v) is 47.3. The van der Waals surface area contributed by atoms with Crippen LogP contribution >= 0.6 is 0 Å². The van der Waals surface area contributed by atoms with Gasteiger partial charge in [0.25, 0.3) is 0 Å². The number of benzene rings is 1. The number of esters is 2. The van der Waals surface area contributed by atoms with Crippen molar-refractivity contribution < 1.29 is 76.8 Å². The third-order valence-electron chi connectivity index (χ3n) is 15.8. The third kappa shape index (κ3) is 16.5. The highest BCUT2D eigenvalue weighted by Crippen LogP contribution is 2.42. The number of carbonyl (C=O) groups is 4. The summed E-state index contributed by atoms with van der Waals surface area (Å²) in [4.78, 5) is 60.1. The molecule has 3 saturated heterocycles. The maximum absolute atomic E-state index is 14.8. The Morgan fingerprint density at radius 2 is 1.52 bits per heavy atom. The molecule has 0 radical (unpaired) electrons. The predicted molar refractivity (Wildman–Crippen MR) is 275 cm³/mol. The number of nitrogens with zero attached hydrogens (tertiary/aromatic N) is 3. The first-order valence-corrected chi connectivity index (χ1v) is 26.8. The molecule has 3 fully saturated rings. The number of cyclic esters (lactones) is 1. The van der Waals surface area contributed by atoms with Crippen LogP contribution in [0.2, 0.25) is 0 Å². The van der Waals surface area contributed by atoms with Crippen LogP contribution in [0.5, 0.6) is 0 Å². The van der Waals surface area contributed by atoms with Crippen LogP contribution < -0.4 is 5.32 Å². The smallest absolute Gasteiger partial charge is 0.459 e. The molecule has 20 heteroatoms. The largest absolute Gasteiger partial charge is 0.509 e. The lowest BCUT2D eigenvalue weighted by Crippen LogP contribution is -2.62. The molecule has 18 atom stereocenters. The molecule has 0 aromatic heterocycles. The van der Waals surface area contributed by atoms with Gasteiger partial charge in [-0.3, -0.25) is 19.3 Å². The van der Waals surface area contributed by atoms with Gasteiger partial charge in [-0.1, -0.05) is 65.0 Å². The average molecular weight is 1060 g/mol. The first-order valence-electron chi connectivity index (χ1n) is 26.8. The van der Waals surface area contributed by atoms with E-state index in [1.54, 1.807) is 55.4 Å². The molecule has 4 rings (SSSR count). The van der Waals surface area contributed by atoms with Crippen molar-refractivity contribution in [1.82, 2.24) is 15.1 Å². The van der Waals surface area contributed by atoms with Crippen molar-refractivity contribution in [2.75, 3.05) is 47.4 Å². The summed E-state index contributed by atoms with van der Waals surface area (Å²) in [5.41, 5.74) is -3.87. The van der Waals surface area contributed by atoms with Crippen LogP contribution in [0.15, 0.2) is 30.3 Å². The van der Waals surface area contributed by atoms with Crippen molar-refractivity contribution in [3.63, 3.8) is 0 Å². The number of methoxy groups -OCH3 is 2. The number of hydrogen-bond donors (Lipinski definition) is 3. The second-order valence-electron chi connectivity index (χ2n) is 21.5. The molecule has 0 spiro atoms. The van der Waals surface area contributed by atoms with Gasteiger partial charge in [-0.25, -0.2) is 4.79 Å². The predicted octanol–water partition coefficient (Wildman–Crippen LogP) is 5.67. The van der Waals surface area contributed by atoms with E-state index in [4.69, 9.17) is 47.4 Å². The van der Waals surface area contributed by atoms with E-state index in [0.717, 1.165) is 18.7 Å². The highest BCUT2D eigenvalue weighted by molar-refractivity contribution is 5.78. The minimum atomic E-state index is -2.03. The minimum absolute atomic E-state index is 0.00881. The molecule has 1 unspecified atom stereocenters. The fourth-order valence-electron chi connectivity index (χ4n) is 10.9. The first-order chi connectivity index (χ1) is 35.3. The number of aliphatic hydroxyl groups is 2. The monoisotopic (exact) mass is 1060 g/mol. The maximum Gasteiger partial charge on any atom is 0.509 e. The Labute approximate surface area is 445 Å². The fourth-order valence-corrected chi connectivity index (χ4v) is 10.9. The Bertz CT molecular complexity index is 2010. The minimum Gasteiger partial charge on any atom is -0.459 e. The lowest BCUT2D eigenvalue weighted by atomic mass is 9.77. The number of amides is 1. The Morgan fingerprint density at radius 1 is 0.880 bits per heavy atom. The fraction of sp³-hybridized carbons (Fsp3) is 0.800. The zero-order chi connectivity index (χ0) is 56.0. The van der Waals surface area contributed by atoms with Crippen LogP contribution in [-0.4, -0.2) is 182 Å². The van der Waals surface area contributed by atoms with Gasteiger partial charge in [-0.05, 0) is 93.4 Å². The Balaban J connectivity index is 1.88. The number of rotatable bonds is 19. The van der Waals surface area contributed by atoms with Crippen LogP contribution in [0.3, 0.4) is 0 Å². The van der Waals surface area contributed by atoms with Crippen molar-refractivity contribution in [2.45, 2.75) is 219 Å². The standard InChI is InChI=1S/C55H90N4O16/c1-16-41-55(12,65)46(61)37(8)57-49(62)33(4)30-53(10,66-14)47(75-51-45(40(29-34(5)69-51)58(13)27-22-26-56)74-52(64)68-32-39-23-20-19-21-24-39)35(6)44(36(7)50(63)71-41)73-43-31-54(11,67-15)48(38(9)70-43)72-42(60)25-28-59(17-2)18-3/h19-21,23-24,33-38,40-41,43-48,51,61,65H,16-18,22,25,27-32H2,1-15H3,(H,57,62)/t33-,34-,35+,36-,37-,38+,40+,41-,43+,44+,45?,46-,47-,48+,51+,53-,54-,55-/m1/s1. The van der Waals surface area contributed by atoms with Gasteiger partial charge >= 0.3 is 18.1 Å². The molecule has 1 aromatic rings. The Kier molecular flexibility index (Phi) is 24.2. The molecular weight excluding hydrogens is 973 g/mol. The molecule has 1 aromatic carbocycles. The number of nitriles is 1. The number of nitrogens with one attached hydrogen (secondary N) is 1. The molecule has 3 aliphatic rings. The first kappa shape index (κ1) is 63.5. The van der Waals surface area contributed by atoms with Gasteiger partial charge in [0.05, 0.1) is 60.5 Å². The summed E-state index contributed by atoms with van der Waals surface area (Å²) >= 11 is 0. The number of likely N-dealkylation sites (N-methyl/N-ethyl adjacent to an activating group) is 1. The van der Waals surface area contributed by atoms with Crippen molar-refractivity contribution in [3.05, 3.63) is 35.9 Å². The van der Waals surface area contributed by atoms with Crippen molar-refractivity contribution in [3.8, 4) is 6.07 Å². The van der Waals surface area contributed by atoms with Gasteiger partial charge in [0.15, 0.2) is 24.8 Å². The molecule has 0 saturated carbocycles. The van der Waals surface area contributed by atoms with E-state index in [2.05, 4.69) is 16.3 Å². The van der Waals surface area contributed by atoms with Gasteiger partial charge < -0.3 is 67.8 Å². The summed E-state index contributed by atoms with van der Waals surface area (Å²) in [5.74, 6) is -4.55. The zero-order valence-electron chi connectivity index (χ0n) is 47.3. The average Bonchev–Trinajstić information content (AvgIpc) is 3.38. The summed E-state index contributed by atoms with van der Waals surface area (Å²) in [7, 11) is 4.81. The van der Waals surface area contributed by atoms with E-state index in [1.165, 1.54) is 21.1 Å². The molecule has 20 nitrogen and oxygen atoms in total. The van der Waals surface area contributed by atoms with Crippen molar-refractivity contribution >= 4 is 24.0 Å². The molecule has 0 bridgehead atoms. The van der Waals surface area contributed by atoms with E-state index in [1.807, 2.05) is 63.1 Å². The summed E-state index contributed by atoms with van der Waals surface area (Å²) in [6.07, 6.45) is -11.0. The number of aliphatic hydroxyl groups excluding tert-OH is 1. The van der Waals surface area contributed by atoms with Crippen molar-refractivity contribution in [2.24, 2.45) is 17.8 Å².